The van der Waals surface area contributed by atoms with E-state index >= 15 is 0 Å². The van der Waals surface area contributed by atoms with Crippen molar-refractivity contribution in [1.29, 1.82) is 0 Å². The number of carbonyl (C=O) groups excluding carboxylic acids is 1. The van der Waals surface area contributed by atoms with Crippen molar-refractivity contribution >= 4 is 27.3 Å². The highest BCUT2D eigenvalue weighted by Gasteiger charge is 2.36. The van der Waals surface area contributed by atoms with Crippen LogP contribution in [0.2, 0.25) is 0 Å². The fraction of sp³-hybridized carbons (Fsp3) is 0.682. The summed E-state index contributed by atoms with van der Waals surface area (Å²) in [5, 5.41) is 5.82. The molecule has 5 rings (SSSR count). The maximum atomic E-state index is 13.4. The molecule has 180 valence electrons. The fourth-order valence-corrected chi connectivity index (χ4v) is 7.61. The Labute approximate surface area is 198 Å². The van der Waals surface area contributed by atoms with Crippen LogP contribution in [0.5, 0.6) is 0 Å². The maximum Gasteiger partial charge on any atom is 0.252 e. The van der Waals surface area contributed by atoms with Crippen molar-refractivity contribution in [2.75, 3.05) is 45.8 Å². The van der Waals surface area contributed by atoms with E-state index in [4.69, 9.17) is 4.52 Å². The largest absolute Gasteiger partial charge is 0.340 e. The van der Waals surface area contributed by atoms with E-state index in [0.29, 0.717) is 36.2 Å². The first-order valence-corrected chi connectivity index (χ1v) is 14.2. The van der Waals surface area contributed by atoms with Gasteiger partial charge in [-0.15, -0.1) is 11.3 Å². The lowest BCUT2D eigenvalue weighted by atomic mass is 9.85. The molecule has 11 heteroatoms. The summed E-state index contributed by atoms with van der Waals surface area (Å²) in [6.07, 6.45) is 4.74. The standard InChI is InChI=1S/C22H31N5O4S2/c1-2-25-9-11-26(12-10-25)22(28)17-7-4-8-27(14-17)33(29,30)19-13-18(15-32-19)20-23-21(31-24-20)16-5-3-6-16/h13,15-17H,2-12,14H2,1H3/t17-/m0/s1. The molecule has 1 saturated carbocycles. The van der Waals surface area contributed by atoms with Gasteiger partial charge in [0.2, 0.25) is 17.6 Å². The molecule has 2 saturated heterocycles. The quantitative estimate of drug-likeness (QED) is 0.610. The van der Waals surface area contributed by atoms with Crippen molar-refractivity contribution in [2.45, 2.75) is 49.2 Å². The van der Waals surface area contributed by atoms with Crippen molar-refractivity contribution in [3.8, 4) is 11.4 Å². The highest BCUT2D eigenvalue weighted by atomic mass is 32.2. The SMILES string of the molecule is CCN1CCN(C(=O)[C@H]2CCCN(S(=O)(=O)c3cc(-c4noc(C5CCC5)n4)cs3)C2)CC1. The molecule has 1 aliphatic carbocycles. The van der Waals surface area contributed by atoms with Crippen LogP contribution in [-0.4, -0.2) is 84.4 Å². The predicted octanol–water partition coefficient (Wildman–Crippen LogP) is 2.63. The molecule has 4 heterocycles. The molecule has 0 radical (unpaired) electrons. The van der Waals surface area contributed by atoms with E-state index in [1.807, 2.05) is 4.90 Å². The van der Waals surface area contributed by atoms with Gasteiger partial charge in [-0.25, -0.2) is 8.42 Å². The topological polar surface area (TPSA) is 99.8 Å². The van der Waals surface area contributed by atoms with Gasteiger partial charge < -0.3 is 14.3 Å². The van der Waals surface area contributed by atoms with Crippen LogP contribution in [0.15, 0.2) is 20.2 Å². The number of carbonyl (C=O) groups is 1. The molecule has 1 amide bonds. The van der Waals surface area contributed by atoms with Crippen LogP contribution in [0.25, 0.3) is 11.4 Å². The third-order valence-electron chi connectivity index (χ3n) is 7.19. The monoisotopic (exact) mass is 493 g/mol. The molecule has 0 N–H and O–H groups in total. The van der Waals surface area contributed by atoms with Crippen LogP contribution >= 0.6 is 11.3 Å². The number of rotatable bonds is 6. The molecule has 9 nitrogen and oxygen atoms in total. The van der Waals surface area contributed by atoms with Crippen LogP contribution in [0, 0.1) is 5.92 Å². The van der Waals surface area contributed by atoms with Gasteiger partial charge in [0.1, 0.15) is 4.21 Å². The lowest BCUT2D eigenvalue weighted by Crippen LogP contribution is -2.52. The first-order chi connectivity index (χ1) is 16.0. The summed E-state index contributed by atoms with van der Waals surface area (Å²) in [5.74, 6) is 1.23. The van der Waals surface area contributed by atoms with Crippen LogP contribution < -0.4 is 0 Å². The number of hydrogen-bond acceptors (Lipinski definition) is 8. The number of aromatic nitrogens is 2. The van der Waals surface area contributed by atoms with E-state index in [9.17, 15) is 13.2 Å². The van der Waals surface area contributed by atoms with Gasteiger partial charge >= 0.3 is 0 Å². The first kappa shape index (κ1) is 22.9. The molecule has 33 heavy (non-hydrogen) atoms. The maximum absolute atomic E-state index is 13.4. The van der Waals surface area contributed by atoms with E-state index in [1.54, 1.807) is 11.4 Å². The lowest BCUT2D eigenvalue weighted by molar-refractivity contribution is -0.138. The van der Waals surface area contributed by atoms with Crippen LogP contribution in [0.4, 0.5) is 0 Å². The minimum atomic E-state index is -3.68. The van der Waals surface area contributed by atoms with E-state index < -0.39 is 10.0 Å². The van der Waals surface area contributed by atoms with Gasteiger partial charge in [0.05, 0.1) is 5.92 Å². The average molecular weight is 494 g/mol. The Bertz CT molecular complexity index is 1090. The molecule has 2 aromatic heterocycles. The van der Waals surface area contributed by atoms with Crippen LogP contribution in [0.3, 0.4) is 0 Å². The number of likely N-dealkylation sites (N-methyl/N-ethyl adjacent to an activating group) is 1. The summed E-state index contributed by atoms with van der Waals surface area (Å²) in [7, 11) is -3.68. The van der Waals surface area contributed by atoms with Gasteiger partial charge in [-0.05, 0) is 38.3 Å². The zero-order chi connectivity index (χ0) is 23.0. The summed E-state index contributed by atoms with van der Waals surface area (Å²) >= 11 is 1.17. The van der Waals surface area contributed by atoms with Crippen molar-refractivity contribution in [3.63, 3.8) is 0 Å². The Hall–Kier alpha value is -1.82. The minimum Gasteiger partial charge on any atom is -0.340 e. The van der Waals surface area contributed by atoms with Gasteiger partial charge in [0, 0.05) is 56.1 Å². The van der Waals surface area contributed by atoms with Crippen LogP contribution in [0.1, 0.15) is 50.8 Å². The molecule has 3 aliphatic rings. The summed E-state index contributed by atoms with van der Waals surface area (Å²) in [6.45, 7) is 7.01. The Morgan fingerprint density at radius 3 is 2.64 bits per heavy atom. The number of piperidine rings is 1. The Balaban J connectivity index is 1.26. The molecule has 0 spiro atoms. The third-order valence-corrected chi connectivity index (χ3v) is 10.5. The molecule has 3 fully saturated rings. The average Bonchev–Trinajstić information content (AvgIpc) is 3.48. The zero-order valence-corrected chi connectivity index (χ0v) is 20.6. The van der Waals surface area contributed by atoms with Crippen molar-refractivity contribution < 1.29 is 17.7 Å². The Morgan fingerprint density at radius 2 is 1.94 bits per heavy atom. The lowest BCUT2D eigenvalue weighted by Gasteiger charge is -2.38. The smallest absolute Gasteiger partial charge is 0.252 e. The van der Waals surface area contributed by atoms with Gasteiger partial charge in [0.15, 0.2) is 0 Å². The molecule has 2 aliphatic heterocycles. The number of hydrogen-bond donors (Lipinski definition) is 0. The second-order valence-electron chi connectivity index (χ2n) is 9.20. The summed E-state index contributed by atoms with van der Waals surface area (Å²) in [4.78, 5) is 21.8. The molecule has 0 bridgehead atoms. The predicted molar refractivity (Wildman–Crippen MR) is 124 cm³/mol. The third kappa shape index (κ3) is 4.60. The number of thiophene rings is 1. The van der Waals surface area contributed by atoms with E-state index in [1.165, 1.54) is 22.1 Å². The molecule has 0 unspecified atom stereocenters. The number of amides is 1. The second-order valence-corrected chi connectivity index (χ2v) is 12.3. The van der Waals surface area contributed by atoms with Crippen molar-refractivity contribution in [3.05, 3.63) is 17.3 Å². The number of nitrogens with zero attached hydrogens (tertiary/aromatic N) is 5. The minimum absolute atomic E-state index is 0.0906. The Morgan fingerprint density at radius 1 is 1.15 bits per heavy atom. The van der Waals surface area contributed by atoms with Gasteiger partial charge in [-0.1, -0.05) is 18.5 Å². The number of sulfonamides is 1. The van der Waals surface area contributed by atoms with Crippen molar-refractivity contribution in [2.24, 2.45) is 5.92 Å². The molecule has 2 aromatic rings. The summed E-state index contributed by atoms with van der Waals surface area (Å²) in [5.41, 5.74) is 0.659. The summed E-state index contributed by atoms with van der Waals surface area (Å²) in [6, 6.07) is 1.63. The zero-order valence-electron chi connectivity index (χ0n) is 19.0. The molecular formula is C22H31N5O4S2. The van der Waals surface area contributed by atoms with Gasteiger partial charge in [0.25, 0.3) is 10.0 Å². The van der Waals surface area contributed by atoms with Gasteiger partial charge in [-0.3, -0.25) is 4.79 Å². The van der Waals surface area contributed by atoms with E-state index in [2.05, 4.69) is 22.0 Å². The molecule has 1 atom stereocenters. The van der Waals surface area contributed by atoms with Gasteiger partial charge in [-0.2, -0.15) is 9.29 Å². The van der Waals surface area contributed by atoms with E-state index in [0.717, 1.165) is 52.0 Å². The first-order valence-electron chi connectivity index (χ1n) is 11.9. The normalized spacial score (nSPS) is 23.5. The number of piperazine rings is 1. The second kappa shape index (κ2) is 9.44. The molecular weight excluding hydrogens is 462 g/mol. The highest BCUT2D eigenvalue weighted by molar-refractivity contribution is 7.91. The fourth-order valence-electron chi connectivity index (χ4n) is 4.77. The van der Waals surface area contributed by atoms with E-state index in [-0.39, 0.29) is 22.6 Å². The Kier molecular flexibility index (Phi) is 6.56. The molecule has 0 aromatic carbocycles. The highest BCUT2D eigenvalue weighted by Crippen LogP contribution is 2.37. The summed E-state index contributed by atoms with van der Waals surface area (Å²) < 4.78 is 33.9. The van der Waals surface area contributed by atoms with Crippen molar-refractivity contribution in [1.82, 2.24) is 24.2 Å². The van der Waals surface area contributed by atoms with Crippen LogP contribution in [-0.2, 0) is 14.8 Å².